The second-order valence-electron chi connectivity index (χ2n) is 9.87. The van der Waals surface area contributed by atoms with Crippen LogP contribution in [-0.2, 0) is 4.79 Å². The maximum atomic E-state index is 13.1. The number of nitrogens with one attached hydrogen (secondary N) is 2. The Labute approximate surface area is 186 Å². The van der Waals surface area contributed by atoms with Crippen LogP contribution in [0.2, 0.25) is 0 Å². The van der Waals surface area contributed by atoms with Crippen molar-refractivity contribution in [1.29, 1.82) is 0 Å². The van der Waals surface area contributed by atoms with E-state index < -0.39 is 0 Å². The summed E-state index contributed by atoms with van der Waals surface area (Å²) in [6, 6.07) is 10.7. The van der Waals surface area contributed by atoms with Gasteiger partial charge in [-0.15, -0.1) is 0 Å². The van der Waals surface area contributed by atoms with Crippen LogP contribution in [0, 0.1) is 11.8 Å². The van der Waals surface area contributed by atoms with E-state index in [1.165, 1.54) is 38.8 Å². The first-order valence-corrected chi connectivity index (χ1v) is 12.2. The van der Waals surface area contributed by atoms with Gasteiger partial charge in [-0.2, -0.15) is 0 Å². The van der Waals surface area contributed by atoms with Gasteiger partial charge in [0.05, 0.1) is 0 Å². The summed E-state index contributed by atoms with van der Waals surface area (Å²) in [6.45, 7) is 7.33. The normalized spacial score (nSPS) is 28.2. The van der Waals surface area contributed by atoms with Crippen molar-refractivity contribution in [1.82, 2.24) is 15.1 Å². The number of rotatable bonds is 6. The summed E-state index contributed by atoms with van der Waals surface area (Å²) in [5.74, 6) is 1.18. The van der Waals surface area contributed by atoms with E-state index in [1.807, 2.05) is 44.2 Å². The van der Waals surface area contributed by atoms with Crippen LogP contribution >= 0.6 is 0 Å². The first-order chi connectivity index (χ1) is 15.0. The lowest BCUT2D eigenvalue weighted by Gasteiger charge is -2.57. The van der Waals surface area contributed by atoms with Gasteiger partial charge in [0.25, 0.3) is 0 Å². The molecule has 1 aromatic carbocycles. The fourth-order valence-corrected chi connectivity index (χ4v) is 6.15. The molecule has 3 aliphatic heterocycles. The maximum absolute atomic E-state index is 13.1. The zero-order valence-electron chi connectivity index (χ0n) is 19.1. The third-order valence-corrected chi connectivity index (χ3v) is 7.31. The molecule has 0 radical (unpaired) electrons. The number of amides is 3. The van der Waals surface area contributed by atoms with Gasteiger partial charge in [0.15, 0.2) is 0 Å². The van der Waals surface area contributed by atoms with E-state index in [1.54, 1.807) is 0 Å². The molecule has 6 nitrogen and oxygen atoms in total. The second-order valence-corrected chi connectivity index (χ2v) is 9.87. The van der Waals surface area contributed by atoms with Crippen molar-refractivity contribution in [3.05, 3.63) is 30.3 Å². The summed E-state index contributed by atoms with van der Waals surface area (Å²) < 4.78 is 0. The minimum Gasteiger partial charge on any atom is -0.336 e. The van der Waals surface area contributed by atoms with Gasteiger partial charge in [-0.25, -0.2) is 4.79 Å². The molecule has 3 aliphatic rings. The molecule has 0 saturated carbocycles. The quantitative estimate of drug-likeness (QED) is 0.720. The van der Waals surface area contributed by atoms with Crippen molar-refractivity contribution in [3.63, 3.8) is 0 Å². The van der Waals surface area contributed by atoms with Gasteiger partial charge in [0, 0.05) is 36.8 Å². The SMILES string of the molecule is CC(C)NC(=O)N1C[C@@H]2CCCN3CCC[C@@H]([C@H]23)[C@H]1CCCC(=O)Nc1ccccc1. The molecule has 0 unspecified atom stereocenters. The average Bonchev–Trinajstić information content (AvgIpc) is 2.75. The number of hydrogen-bond acceptors (Lipinski definition) is 3. The zero-order valence-corrected chi connectivity index (χ0v) is 19.1. The minimum absolute atomic E-state index is 0.0565. The number of carbonyl (C=O) groups excluding carboxylic acids is 2. The molecule has 31 heavy (non-hydrogen) atoms. The standard InChI is InChI=1S/C25H38N4O2/c1-18(2)26-25(31)29-17-19-9-7-15-28-16-8-12-21(24(19)28)22(29)13-6-14-23(30)27-20-10-4-3-5-11-20/h3-5,10-11,18-19,21-22,24H,6-9,12-17H2,1-2H3,(H,26,31)(H,27,30)/t19-,21+,22+,24-/m0/s1. The van der Waals surface area contributed by atoms with Crippen LogP contribution in [0.4, 0.5) is 10.5 Å². The molecule has 1 aromatic rings. The number of likely N-dealkylation sites (tertiary alicyclic amines) is 1. The fraction of sp³-hybridized carbons (Fsp3) is 0.680. The van der Waals surface area contributed by atoms with E-state index >= 15 is 0 Å². The number of nitrogens with zero attached hydrogens (tertiary/aromatic N) is 2. The van der Waals surface area contributed by atoms with Gasteiger partial charge in [0.1, 0.15) is 0 Å². The van der Waals surface area contributed by atoms with Crippen LogP contribution in [0.5, 0.6) is 0 Å². The lowest BCUT2D eigenvalue weighted by Crippen LogP contribution is -2.66. The Kier molecular flexibility index (Phi) is 7.16. The predicted octanol–water partition coefficient (Wildman–Crippen LogP) is 4.09. The molecule has 4 rings (SSSR count). The number of hydrogen-bond donors (Lipinski definition) is 2. The summed E-state index contributed by atoms with van der Waals surface area (Å²) in [6.07, 6.45) is 7.10. The van der Waals surface area contributed by atoms with Gasteiger partial charge < -0.3 is 15.5 Å². The lowest BCUT2D eigenvalue weighted by atomic mass is 9.69. The largest absolute Gasteiger partial charge is 0.336 e. The molecule has 3 saturated heterocycles. The summed E-state index contributed by atoms with van der Waals surface area (Å²) in [5.41, 5.74) is 0.844. The van der Waals surface area contributed by atoms with E-state index in [4.69, 9.17) is 0 Å². The summed E-state index contributed by atoms with van der Waals surface area (Å²) in [7, 11) is 0. The highest BCUT2D eigenvalue weighted by Gasteiger charge is 2.49. The Hall–Kier alpha value is -2.08. The maximum Gasteiger partial charge on any atom is 0.317 e. The van der Waals surface area contributed by atoms with E-state index in [9.17, 15) is 9.59 Å². The smallest absolute Gasteiger partial charge is 0.317 e. The van der Waals surface area contributed by atoms with E-state index in [-0.39, 0.29) is 24.0 Å². The molecule has 170 valence electrons. The molecule has 0 spiro atoms. The van der Waals surface area contributed by atoms with E-state index in [0.717, 1.165) is 25.1 Å². The molecule has 0 aliphatic carbocycles. The highest BCUT2D eigenvalue weighted by atomic mass is 16.2. The van der Waals surface area contributed by atoms with E-state index in [2.05, 4.69) is 20.4 Å². The Balaban J connectivity index is 1.42. The molecule has 3 amide bonds. The summed E-state index contributed by atoms with van der Waals surface area (Å²) >= 11 is 0. The third kappa shape index (κ3) is 5.22. The molecule has 0 aromatic heterocycles. The van der Waals surface area contributed by atoms with Crippen LogP contribution in [0.3, 0.4) is 0 Å². The van der Waals surface area contributed by atoms with E-state index in [0.29, 0.717) is 24.3 Å². The third-order valence-electron chi connectivity index (χ3n) is 7.31. The molecular weight excluding hydrogens is 388 g/mol. The number of carbonyl (C=O) groups is 2. The molecule has 3 heterocycles. The van der Waals surface area contributed by atoms with Crippen molar-refractivity contribution >= 4 is 17.6 Å². The molecular formula is C25H38N4O2. The van der Waals surface area contributed by atoms with Gasteiger partial charge >= 0.3 is 6.03 Å². The van der Waals surface area contributed by atoms with Crippen LogP contribution in [0.1, 0.15) is 58.8 Å². The number of para-hydroxylation sites is 1. The Morgan fingerprint density at radius 3 is 2.58 bits per heavy atom. The number of benzene rings is 1. The molecule has 2 N–H and O–H groups in total. The summed E-state index contributed by atoms with van der Waals surface area (Å²) in [5, 5.41) is 6.13. The van der Waals surface area contributed by atoms with Crippen molar-refractivity contribution in [3.8, 4) is 0 Å². The second kappa shape index (κ2) is 10.0. The van der Waals surface area contributed by atoms with Crippen molar-refractivity contribution in [2.45, 2.75) is 76.9 Å². The highest BCUT2D eigenvalue weighted by Crippen LogP contribution is 2.43. The van der Waals surface area contributed by atoms with Crippen LogP contribution < -0.4 is 10.6 Å². The van der Waals surface area contributed by atoms with Crippen molar-refractivity contribution < 1.29 is 9.59 Å². The van der Waals surface area contributed by atoms with Gasteiger partial charge in [0.2, 0.25) is 5.91 Å². The van der Waals surface area contributed by atoms with Crippen molar-refractivity contribution in [2.24, 2.45) is 11.8 Å². The first-order valence-electron chi connectivity index (χ1n) is 12.2. The highest BCUT2D eigenvalue weighted by molar-refractivity contribution is 5.90. The topological polar surface area (TPSA) is 64.7 Å². The monoisotopic (exact) mass is 426 g/mol. The van der Waals surface area contributed by atoms with Crippen molar-refractivity contribution in [2.75, 3.05) is 25.0 Å². The predicted molar refractivity (Wildman–Crippen MR) is 124 cm³/mol. The number of urea groups is 1. The lowest BCUT2D eigenvalue weighted by molar-refractivity contribution is -0.116. The summed E-state index contributed by atoms with van der Waals surface area (Å²) in [4.78, 5) is 30.4. The van der Waals surface area contributed by atoms with Crippen LogP contribution in [0.15, 0.2) is 30.3 Å². The first kappa shape index (κ1) is 22.1. The number of piperidine rings is 3. The zero-order chi connectivity index (χ0) is 21.8. The fourth-order valence-electron chi connectivity index (χ4n) is 6.15. The Morgan fingerprint density at radius 2 is 1.84 bits per heavy atom. The minimum atomic E-state index is 0.0565. The number of anilines is 1. The van der Waals surface area contributed by atoms with Gasteiger partial charge in [-0.3, -0.25) is 9.69 Å². The molecule has 4 atom stereocenters. The average molecular weight is 427 g/mol. The molecule has 3 fully saturated rings. The van der Waals surface area contributed by atoms with Gasteiger partial charge in [-0.05, 0) is 89.4 Å². The molecule has 6 heteroatoms. The Bertz CT molecular complexity index is 751. The van der Waals surface area contributed by atoms with Crippen LogP contribution in [0.25, 0.3) is 0 Å². The van der Waals surface area contributed by atoms with Gasteiger partial charge in [-0.1, -0.05) is 18.2 Å². The molecule has 0 bridgehead atoms. The Morgan fingerprint density at radius 1 is 1.10 bits per heavy atom. The van der Waals surface area contributed by atoms with Crippen LogP contribution in [-0.4, -0.2) is 59.5 Å².